The number of hydrogen-bond acceptors (Lipinski definition) is 2. The van der Waals surface area contributed by atoms with Gasteiger partial charge in [-0.1, -0.05) is 35.3 Å². The molecule has 0 saturated heterocycles. The number of carbonyl (C=O) groups is 1. The van der Waals surface area contributed by atoms with E-state index in [1.165, 1.54) is 4.90 Å². The molecule has 1 N–H and O–H groups in total. The van der Waals surface area contributed by atoms with E-state index in [1.54, 1.807) is 43.4 Å². The molecule has 1 amide bonds. The van der Waals surface area contributed by atoms with E-state index in [0.717, 1.165) is 5.56 Å². The molecule has 0 radical (unpaired) electrons. The van der Waals surface area contributed by atoms with Crippen LogP contribution in [0.2, 0.25) is 10.0 Å². The van der Waals surface area contributed by atoms with E-state index < -0.39 is 11.5 Å². The highest BCUT2D eigenvalue weighted by molar-refractivity contribution is 6.32. The Labute approximate surface area is 132 Å². The van der Waals surface area contributed by atoms with Crippen molar-refractivity contribution in [1.29, 1.82) is 0 Å². The molecule has 1 aliphatic heterocycles. The van der Waals surface area contributed by atoms with Gasteiger partial charge in [0.1, 0.15) is 0 Å². The number of aliphatic hydroxyl groups is 1. The maximum absolute atomic E-state index is 12.6. The van der Waals surface area contributed by atoms with E-state index in [2.05, 4.69) is 0 Å². The van der Waals surface area contributed by atoms with Gasteiger partial charge in [-0.15, -0.1) is 0 Å². The van der Waals surface area contributed by atoms with Crippen LogP contribution >= 0.6 is 23.2 Å². The lowest BCUT2D eigenvalue weighted by Gasteiger charge is -2.22. The zero-order valence-corrected chi connectivity index (χ0v) is 13.0. The van der Waals surface area contributed by atoms with Crippen molar-refractivity contribution in [1.82, 2.24) is 0 Å². The monoisotopic (exact) mass is 321 g/mol. The zero-order chi connectivity index (χ0) is 15.4. The smallest absolute Gasteiger partial charge is 0.268 e. The van der Waals surface area contributed by atoms with Crippen LogP contribution in [0.4, 0.5) is 5.69 Å². The van der Waals surface area contributed by atoms with E-state index in [0.29, 0.717) is 26.9 Å². The van der Waals surface area contributed by atoms with Gasteiger partial charge in [-0.2, -0.15) is 0 Å². The van der Waals surface area contributed by atoms with Crippen LogP contribution in [-0.2, 0) is 10.4 Å². The van der Waals surface area contributed by atoms with Crippen LogP contribution in [0.25, 0.3) is 0 Å². The Kier molecular flexibility index (Phi) is 3.24. The van der Waals surface area contributed by atoms with Crippen molar-refractivity contribution in [3.8, 4) is 0 Å². The summed E-state index contributed by atoms with van der Waals surface area (Å²) < 4.78 is 0. The molecule has 1 atom stereocenters. The molecule has 0 fully saturated rings. The molecule has 2 aromatic carbocycles. The predicted molar refractivity (Wildman–Crippen MR) is 84.0 cm³/mol. The van der Waals surface area contributed by atoms with Gasteiger partial charge in [-0.05, 0) is 42.3 Å². The maximum atomic E-state index is 12.6. The molecule has 1 heterocycles. The number of carbonyl (C=O) groups excluding carboxylic acids is 1. The highest BCUT2D eigenvalue weighted by Gasteiger charge is 2.50. The third-order valence-corrected chi connectivity index (χ3v) is 4.56. The van der Waals surface area contributed by atoms with Crippen molar-refractivity contribution in [3.63, 3.8) is 0 Å². The lowest BCUT2D eigenvalue weighted by molar-refractivity contribution is -0.131. The summed E-state index contributed by atoms with van der Waals surface area (Å²) in [6.45, 7) is 1.84. The maximum Gasteiger partial charge on any atom is 0.268 e. The Morgan fingerprint density at radius 1 is 1.14 bits per heavy atom. The first-order valence-corrected chi connectivity index (χ1v) is 7.18. The average molecular weight is 322 g/mol. The summed E-state index contributed by atoms with van der Waals surface area (Å²) in [5.74, 6) is -0.401. The minimum Gasteiger partial charge on any atom is -0.372 e. The number of rotatable bonds is 1. The fourth-order valence-electron chi connectivity index (χ4n) is 2.68. The van der Waals surface area contributed by atoms with Gasteiger partial charge in [0.25, 0.3) is 5.91 Å². The summed E-state index contributed by atoms with van der Waals surface area (Å²) in [5.41, 5.74) is 0.756. The number of benzene rings is 2. The Balaban J connectivity index is 2.27. The average Bonchev–Trinajstić information content (AvgIpc) is 2.64. The zero-order valence-electron chi connectivity index (χ0n) is 11.5. The molecule has 0 saturated carbocycles. The number of fused-ring (bicyclic) bond motifs is 1. The van der Waals surface area contributed by atoms with Crippen LogP contribution in [-0.4, -0.2) is 18.1 Å². The summed E-state index contributed by atoms with van der Waals surface area (Å²) in [6, 6.07) is 10.1. The first-order chi connectivity index (χ1) is 9.85. The first kappa shape index (κ1) is 14.4. The lowest BCUT2D eigenvalue weighted by Crippen LogP contribution is -2.39. The molecule has 21 heavy (non-hydrogen) atoms. The van der Waals surface area contributed by atoms with Gasteiger partial charge in [-0.25, -0.2) is 0 Å². The van der Waals surface area contributed by atoms with E-state index in [4.69, 9.17) is 23.2 Å². The van der Waals surface area contributed by atoms with Gasteiger partial charge in [0.15, 0.2) is 5.60 Å². The molecular formula is C16H13Cl2NO2. The number of likely N-dealkylation sites (N-methyl/N-ethyl adjacent to an activating group) is 1. The molecular weight excluding hydrogens is 309 g/mol. The van der Waals surface area contributed by atoms with Gasteiger partial charge < -0.3 is 10.0 Å². The highest BCUT2D eigenvalue weighted by atomic mass is 35.5. The van der Waals surface area contributed by atoms with Crippen molar-refractivity contribution in [2.24, 2.45) is 0 Å². The fraction of sp³-hybridized carbons (Fsp3) is 0.188. The van der Waals surface area contributed by atoms with Crippen molar-refractivity contribution in [3.05, 3.63) is 63.1 Å². The summed E-state index contributed by atoms with van der Waals surface area (Å²) in [4.78, 5) is 14.0. The van der Waals surface area contributed by atoms with Gasteiger partial charge in [0.05, 0.1) is 5.69 Å². The minimum atomic E-state index is -1.70. The van der Waals surface area contributed by atoms with Crippen molar-refractivity contribution in [2.75, 3.05) is 11.9 Å². The number of aryl methyl sites for hydroxylation is 1. The molecule has 3 rings (SSSR count). The SMILES string of the molecule is Cc1cc2c(cc1Cl)N(C)C(=O)C2(O)c1ccc(Cl)cc1. The van der Waals surface area contributed by atoms with Gasteiger partial charge in [0, 0.05) is 22.7 Å². The van der Waals surface area contributed by atoms with Crippen LogP contribution in [0.3, 0.4) is 0 Å². The molecule has 1 aliphatic rings. The quantitative estimate of drug-likeness (QED) is 0.873. The molecule has 0 bridgehead atoms. The second-order valence-corrected chi connectivity index (χ2v) is 6.04. The third-order valence-electron chi connectivity index (χ3n) is 3.90. The highest BCUT2D eigenvalue weighted by Crippen LogP contribution is 2.45. The molecule has 0 aliphatic carbocycles. The fourth-order valence-corrected chi connectivity index (χ4v) is 2.96. The molecule has 3 nitrogen and oxygen atoms in total. The molecule has 108 valence electrons. The number of anilines is 1. The Bertz CT molecular complexity index is 743. The molecule has 1 unspecified atom stereocenters. The molecule has 0 spiro atoms. The number of nitrogens with zero attached hydrogens (tertiary/aromatic N) is 1. The van der Waals surface area contributed by atoms with Gasteiger partial charge >= 0.3 is 0 Å². The number of halogens is 2. The van der Waals surface area contributed by atoms with Gasteiger partial charge in [0.2, 0.25) is 0 Å². The second-order valence-electron chi connectivity index (χ2n) is 5.20. The normalized spacial score (nSPS) is 20.8. The number of hydrogen-bond donors (Lipinski definition) is 1. The van der Waals surface area contributed by atoms with Crippen LogP contribution in [0.5, 0.6) is 0 Å². The largest absolute Gasteiger partial charge is 0.372 e. The summed E-state index contributed by atoms with van der Waals surface area (Å²) >= 11 is 12.0. The van der Waals surface area contributed by atoms with E-state index >= 15 is 0 Å². The summed E-state index contributed by atoms with van der Waals surface area (Å²) in [6.07, 6.45) is 0. The summed E-state index contributed by atoms with van der Waals surface area (Å²) in [7, 11) is 1.63. The van der Waals surface area contributed by atoms with Crippen LogP contribution < -0.4 is 4.90 Å². The Morgan fingerprint density at radius 3 is 2.38 bits per heavy atom. The van der Waals surface area contributed by atoms with E-state index in [1.807, 2.05) is 6.92 Å². The standard InChI is InChI=1S/C16H13Cl2NO2/c1-9-7-12-14(8-13(9)18)19(2)15(20)16(12,21)10-3-5-11(17)6-4-10/h3-8,21H,1-2H3. The Hall–Kier alpha value is -1.55. The van der Waals surface area contributed by atoms with Crippen molar-refractivity contribution >= 4 is 34.8 Å². The molecule has 2 aromatic rings. The van der Waals surface area contributed by atoms with Crippen LogP contribution in [0.15, 0.2) is 36.4 Å². The van der Waals surface area contributed by atoms with Crippen LogP contribution in [0.1, 0.15) is 16.7 Å². The van der Waals surface area contributed by atoms with Gasteiger partial charge in [-0.3, -0.25) is 4.79 Å². The first-order valence-electron chi connectivity index (χ1n) is 6.43. The second kappa shape index (κ2) is 4.73. The van der Waals surface area contributed by atoms with Crippen LogP contribution in [0, 0.1) is 6.92 Å². The van der Waals surface area contributed by atoms with E-state index in [-0.39, 0.29) is 0 Å². The topological polar surface area (TPSA) is 40.5 Å². The predicted octanol–water partition coefficient (Wildman–Crippen LogP) is 3.51. The Morgan fingerprint density at radius 2 is 1.76 bits per heavy atom. The third kappa shape index (κ3) is 1.96. The minimum absolute atomic E-state index is 0.401. The van der Waals surface area contributed by atoms with Crippen molar-refractivity contribution < 1.29 is 9.90 Å². The van der Waals surface area contributed by atoms with Crippen molar-refractivity contribution in [2.45, 2.75) is 12.5 Å². The lowest BCUT2D eigenvalue weighted by atomic mass is 9.87. The summed E-state index contributed by atoms with van der Waals surface area (Å²) in [5, 5.41) is 12.2. The van der Waals surface area contributed by atoms with E-state index in [9.17, 15) is 9.90 Å². The molecule has 5 heteroatoms. The number of amides is 1. The molecule has 0 aromatic heterocycles.